The second-order valence-corrected chi connectivity index (χ2v) is 8.16. The molecule has 0 aliphatic heterocycles. The maximum atomic E-state index is 13.3. The third-order valence-corrected chi connectivity index (χ3v) is 5.55. The van der Waals surface area contributed by atoms with Crippen molar-refractivity contribution in [3.8, 4) is 11.8 Å². The van der Waals surface area contributed by atoms with E-state index in [0.29, 0.717) is 16.8 Å². The summed E-state index contributed by atoms with van der Waals surface area (Å²) in [5.74, 6) is 0.126. The zero-order valence-corrected chi connectivity index (χ0v) is 18.0. The number of aromatic nitrogens is 3. The van der Waals surface area contributed by atoms with Crippen molar-refractivity contribution in [2.75, 3.05) is 0 Å². The van der Waals surface area contributed by atoms with Gasteiger partial charge in [0, 0.05) is 11.6 Å². The van der Waals surface area contributed by atoms with Crippen molar-refractivity contribution >= 4 is 45.8 Å². The molecule has 0 saturated carbocycles. The Hall–Kier alpha value is -2.13. The second kappa shape index (κ2) is 7.71. The number of hydrogen-bond donors (Lipinski definition) is 0. The highest BCUT2D eigenvalue weighted by Gasteiger charge is 2.24. The topological polar surface area (TPSA) is 71.6 Å². The number of nitriles is 1. The van der Waals surface area contributed by atoms with Gasteiger partial charge in [-0.1, -0.05) is 62.5 Å². The number of fused-ring (bicyclic) bond motifs is 1. The fourth-order valence-electron chi connectivity index (χ4n) is 3.15. The highest BCUT2D eigenvalue weighted by atomic mass is 35.5. The van der Waals surface area contributed by atoms with E-state index in [9.17, 15) is 10.1 Å². The molecule has 0 N–H and O–H groups in total. The van der Waals surface area contributed by atoms with Crippen molar-refractivity contribution in [3.05, 3.63) is 60.7 Å². The van der Waals surface area contributed by atoms with Crippen molar-refractivity contribution in [3.63, 3.8) is 0 Å². The summed E-state index contributed by atoms with van der Waals surface area (Å²) < 4.78 is 1.39. The van der Waals surface area contributed by atoms with Crippen LogP contribution in [0.3, 0.4) is 0 Å². The van der Waals surface area contributed by atoms with Crippen molar-refractivity contribution < 1.29 is 0 Å². The molecule has 0 spiro atoms. The molecule has 3 aromatic rings. The Labute approximate surface area is 177 Å². The van der Waals surface area contributed by atoms with Gasteiger partial charge in [-0.15, -0.1) is 0 Å². The van der Waals surface area contributed by atoms with Gasteiger partial charge in [0.1, 0.15) is 16.8 Å². The van der Waals surface area contributed by atoms with Gasteiger partial charge in [-0.3, -0.25) is 14.3 Å². The number of hydrogen-bond acceptors (Lipinski definition) is 4. The molecule has 3 rings (SSSR count). The summed E-state index contributed by atoms with van der Waals surface area (Å²) >= 11 is 18.6. The molecular weight excluding hydrogens is 419 g/mol. The average Bonchev–Trinajstić information content (AvgIpc) is 2.64. The maximum absolute atomic E-state index is 13.3. The first-order valence-electron chi connectivity index (χ1n) is 8.68. The summed E-state index contributed by atoms with van der Waals surface area (Å²) in [5.41, 5.74) is 1.71. The van der Waals surface area contributed by atoms with E-state index in [2.05, 4.69) is 9.97 Å². The molecular formula is C20H17Cl3N4O. The Bertz CT molecular complexity index is 1170. The van der Waals surface area contributed by atoms with Crippen LogP contribution in [0.4, 0.5) is 0 Å². The molecule has 3 aromatic heterocycles. The largest absolute Gasteiger partial charge is 0.276 e. The van der Waals surface area contributed by atoms with Crippen LogP contribution in [0.25, 0.3) is 16.7 Å². The normalized spacial score (nSPS) is 11.4. The zero-order valence-electron chi connectivity index (χ0n) is 15.7. The molecule has 0 unspecified atom stereocenters. The van der Waals surface area contributed by atoms with Crippen LogP contribution in [0.5, 0.6) is 0 Å². The first-order valence-corrected chi connectivity index (χ1v) is 9.81. The number of halogens is 3. The first kappa shape index (κ1) is 20.6. The van der Waals surface area contributed by atoms with Crippen molar-refractivity contribution in [1.82, 2.24) is 14.5 Å². The van der Waals surface area contributed by atoms with Crippen molar-refractivity contribution in [1.29, 1.82) is 5.26 Å². The van der Waals surface area contributed by atoms with Gasteiger partial charge in [0.25, 0.3) is 5.56 Å². The molecule has 0 atom stereocenters. The highest BCUT2D eigenvalue weighted by Crippen LogP contribution is 2.34. The van der Waals surface area contributed by atoms with E-state index in [1.807, 2.05) is 39.8 Å². The van der Waals surface area contributed by atoms with Gasteiger partial charge < -0.3 is 0 Å². The van der Waals surface area contributed by atoms with Gasteiger partial charge in [-0.25, -0.2) is 4.98 Å². The van der Waals surface area contributed by atoms with E-state index in [-0.39, 0.29) is 38.2 Å². The van der Waals surface area contributed by atoms with Gasteiger partial charge in [0.15, 0.2) is 5.65 Å². The molecule has 5 nitrogen and oxygen atoms in total. The molecule has 0 aliphatic carbocycles. The summed E-state index contributed by atoms with van der Waals surface area (Å²) in [7, 11) is 0. The van der Waals surface area contributed by atoms with Crippen LogP contribution in [0.15, 0.2) is 23.1 Å². The molecule has 0 aliphatic rings. The Morgan fingerprint density at radius 2 is 1.82 bits per heavy atom. The predicted molar refractivity (Wildman–Crippen MR) is 113 cm³/mol. The molecule has 0 amide bonds. The number of nitrogens with zero attached hydrogens (tertiary/aromatic N) is 4. The summed E-state index contributed by atoms with van der Waals surface area (Å²) in [6.07, 6.45) is 1.72. The minimum absolute atomic E-state index is 0.00546. The molecule has 0 fully saturated rings. The SMILES string of the molecule is CC(C)c1ccnc(C(C)C)c1-n1c(=O)c(C#N)c(Cl)c2cc(Cl)c(Cl)nc21. The molecule has 0 aromatic carbocycles. The molecule has 0 saturated heterocycles. The summed E-state index contributed by atoms with van der Waals surface area (Å²) in [6.45, 7) is 8.02. The molecule has 3 heterocycles. The van der Waals surface area contributed by atoms with Crippen LogP contribution in [0, 0.1) is 11.3 Å². The quantitative estimate of drug-likeness (QED) is 0.483. The lowest BCUT2D eigenvalue weighted by Crippen LogP contribution is -2.26. The maximum Gasteiger partial charge on any atom is 0.276 e. The lowest BCUT2D eigenvalue weighted by molar-refractivity contribution is 0.771. The standard InChI is InChI=1S/C20H17Cl3N4O/c1-9(2)11-5-6-25-16(10(3)4)17(11)27-19-12(7-14(21)18(23)26-19)15(22)13(8-24)20(27)28/h5-7,9-10H,1-4H3. The Balaban J connectivity index is 2.65. The fourth-order valence-corrected chi connectivity index (χ4v) is 3.70. The lowest BCUT2D eigenvalue weighted by atomic mass is 9.96. The first-order chi connectivity index (χ1) is 13.2. The third-order valence-electron chi connectivity index (χ3n) is 4.49. The monoisotopic (exact) mass is 434 g/mol. The number of rotatable bonds is 3. The number of pyridine rings is 3. The van der Waals surface area contributed by atoms with Crippen LogP contribution in [0.1, 0.15) is 56.4 Å². The fraction of sp³-hybridized carbons (Fsp3) is 0.300. The summed E-state index contributed by atoms with van der Waals surface area (Å²) in [4.78, 5) is 22.1. The van der Waals surface area contributed by atoms with E-state index in [1.54, 1.807) is 6.20 Å². The Morgan fingerprint density at radius 1 is 1.14 bits per heavy atom. The average molecular weight is 436 g/mol. The zero-order chi connectivity index (χ0) is 20.7. The smallest absolute Gasteiger partial charge is 0.267 e. The van der Waals surface area contributed by atoms with Crippen LogP contribution in [-0.2, 0) is 0 Å². The molecule has 0 radical (unpaired) electrons. The van der Waals surface area contributed by atoms with E-state index in [0.717, 1.165) is 5.56 Å². The van der Waals surface area contributed by atoms with Gasteiger partial charge in [0.2, 0.25) is 0 Å². The molecule has 28 heavy (non-hydrogen) atoms. The summed E-state index contributed by atoms with van der Waals surface area (Å²) in [6, 6.07) is 5.29. The Kier molecular flexibility index (Phi) is 5.67. The van der Waals surface area contributed by atoms with E-state index < -0.39 is 5.56 Å². The van der Waals surface area contributed by atoms with Crippen LogP contribution < -0.4 is 5.56 Å². The van der Waals surface area contributed by atoms with E-state index >= 15 is 0 Å². The van der Waals surface area contributed by atoms with Crippen LogP contribution in [0.2, 0.25) is 15.2 Å². The van der Waals surface area contributed by atoms with Crippen LogP contribution >= 0.6 is 34.8 Å². The Morgan fingerprint density at radius 3 is 2.39 bits per heavy atom. The van der Waals surface area contributed by atoms with E-state index in [1.165, 1.54) is 10.6 Å². The third kappa shape index (κ3) is 3.26. The summed E-state index contributed by atoms with van der Waals surface area (Å²) in [5, 5.41) is 10.2. The second-order valence-electron chi connectivity index (χ2n) is 7.02. The van der Waals surface area contributed by atoms with Crippen molar-refractivity contribution in [2.45, 2.75) is 39.5 Å². The van der Waals surface area contributed by atoms with E-state index in [4.69, 9.17) is 34.8 Å². The lowest BCUT2D eigenvalue weighted by Gasteiger charge is -2.21. The molecule has 144 valence electrons. The van der Waals surface area contributed by atoms with Gasteiger partial charge >= 0.3 is 0 Å². The van der Waals surface area contributed by atoms with Gasteiger partial charge in [-0.2, -0.15) is 5.26 Å². The van der Waals surface area contributed by atoms with Crippen molar-refractivity contribution in [2.24, 2.45) is 0 Å². The minimum Gasteiger partial charge on any atom is -0.267 e. The minimum atomic E-state index is -0.567. The molecule has 8 heteroatoms. The van der Waals surface area contributed by atoms with Crippen LogP contribution in [-0.4, -0.2) is 14.5 Å². The predicted octanol–water partition coefficient (Wildman–Crippen LogP) is 5.86. The highest BCUT2D eigenvalue weighted by molar-refractivity contribution is 6.42. The molecule has 0 bridgehead atoms. The van der Waals surface area contributed by atoms with Gasteiger partial charge in [-0.05, 0) is 29.5 Å². The van der Waals surface area contributed by atoms with Gasteiger partial charge in [0.05, 0.1) is 21.4 Å².